The minimum atomic E-state index is -1.00. The number of aryl methyl sites for hydroxylation is 1. The second kappa shape index (κ2) is 9.09. The first-order valence-electron chi connectivity index (χ1n) is 11.4. The molecular weight excluding hydrogens is 418 g/mol. The number of oxime groups is 1. The Morgan fingerprint density at radius 3 is 2.58 bits per heavy atom. The van der Waals surface area contributed by atoms with Gasteiger partial charge in [0, 0.05) is 55.8 Å². The summed E-state index contributed by atoms with van der Waals surface area (Å²) in [4.78, 5) is 6.45. The topological polar surface area (TPSA) is 91.3 Å². The average Bonchev–Trinajstić information content (AvgIpc) is 3.49. The predicted octanol–water partition coefficient (Wildman–Crippen LogP) is 4.06. The fourth-order valence-electron chi connectivity index (χ4n) is 4.91. The molecule has 33 heavy (non-hydrogen) atoms. The van der Waals surface area contributed by atoms with E-state index in [4.69, 9.17) is 9.15 Å². The van der Waals surface area contributed by atoms with Crippen molar-refractivity contribution in [1.29, 1.82) is 0 Å². The first kappa shape index (κ1) is 21.8. The highest BCUT2D eigenvalue weighted by atomic mass is 16.5. The molecule has 2 aromatic heterocycles. The van der Waals surface area contributed by atoms with Gasteiger partial charge in [0.1, 0.15) is 17.1 Å². The Labute approximate surface area is 193 Å². The van der Waals surface area contributed by atoms with Crippen LogP contribution >= 0.6 is 0 Å². The van der Waals surface area contributed by atoms with Crippen molar-refractivity contribution in [3.63, 3.8) is 0 Å². The van der Waals surface area contributed by atoms with Crippen molar-refractivity contribution >= 4 is 5.71 Å². The molecule has 0 unspecified atom stereocenters. The lowest BCUT2D eigenvalue weighted by Crippen LogP contribution is -2.43. The monoisotopic (exact) mass is 447 g/mol. The molecule has 0 atom stereocenters. The van der Waals surface area contributed by atoms with Gasteiger partial charge in [0.15, 0.2) is 0 Å². The molecule has 172 valence electrons. The van der Waals surface area contributed by atoms with Gasteiger partial charge in [-0.05, 0) is 55.0 Å². The molecule has 5 rings (SSSR count). The number of aromatic nitrogens is 1. The van der Waals surface area contributed by atoms with Gasteiger partial charge in [0.2, 0.25) is 0 Å². The van der Waals surface area contributed by atoms with Crippen LogP contribution in [0.2, 0.25) is 0 Å². The van der Waals surface area contributed by atoms with Crippen LogP contribution in [0, 0.1) is 0 Å². The smallest absolute Gasteiger partial charge is 0.142 e. The maximum Gasteiger partial charge on any atom is 0.142 e. The van der Waals surface area contributed by atoms with Crippen molar-refractivity contribution < 1.29 is 19.5 Å². The van der Waals surface area contributed by atoms with E-state index in [1.165, 1.54) is 0 Å². The molecule has 7 nitrogen and oxygen atoms in total. The predicted molar refractivity (Wildman–Crippen MR) is 125 cm³/mol. The van der Waals surface area contributed by atoms with Crippen molar-refractivity contribution in [1.82, 2.24) is 9.88 Å². The highest BCUT2D eigenvalue weighted by molar-refractivity contribution is 6.04. The molecule has 0 radical (unpaired) electrons. The summed E-state index contributed by atoms with van der Waals surface area (Å²) in [6.07, 6.45) is 6.30. The number of nitrogens with zero attached hydrogens (tertiary/aromatic N) is 3. The normalized spacial score (nSPS) is 19.2. The van der Waals surface area contributed by atoms with E-state index < -0.39 is 5.60 Å². The molecule has 1 saturated heterocycles. The lowest BCUT2D eigenvalue weighted by atomic mass is 9.88. The Bertz CT molecular complexity index is 1150. The Kier molecular flexibility index (Phi) is 6.01. The molecule has 3 aromatic rings. The number of hydrogen-bond acceptors (Lipinski definition) is 7. The minimum Gasteiger partial charge on any atom is -0.457 e. The number of benzene rings is 1. The SMILES string of the molecule is COCCN1CCC(O)(c2cc(-c3ccc4c(c3)CCC4=NO)c(-c3ccncc3)o2)CC1. The summed E-state index contributed by atoms with van der Waals surface area (Å²) in [7, 11) is 1.71. The molecule has 7 heteroatoms. The first-order valence-corrected chi connectivity index (χ1v) is 11.4. The van der Waals surface area contributed by atoms with Gasteiger partial charge >= 0.3 is 0 Å². The third kappa shape index (κ3) is 4.19. The minimum absolute atomic E-state index is 0.605. The summed E-state index contributed by atoms with van der Waals surface area (Å²) >= 11 is 0. The average molecular weight is 448 g/mol. The van der Waals surface area contributed by atoms with Crippen LogP contribution in [0.5, 0.6) is 0 Å². The third-order valence-corrected chi connectivity index (χ3v) is 6.91. The number of piperidine rings is 1. The second-order valence-electron chi connectivity index (χ2n) is 8.87. The zero-order valence-corrected chi connectivity index (χ0v) is 18.8. The van der Waals surface area contributed by atoms with Crippen molar-refractivity contribution in [2.24, 2.45) is 5.16 Å². The van der Waals surface area contributed by atoms with Crippen LogP contribution in [-0.2, 0) is 16.8 Å². The standard InChI is InChI=1S/C26H29N3O4/c1-32-15-14-29-12-8-26(30,9-13-29)24-17-22(25(33-24)18-6-10-27-11-7-18)20-2-4-21-19(16-20)3-5-23(21)28-31/h2,4,6-7,10-11,16-17,30-31H,3,5,8-9,12-15H2,1H3. The highest BCUT2D eigenvalue weighted by Gasteiger charge is 2.38. The second-order valence-corrected chi connectivity index (χ2v) is 8.87. The molecule has 1 aromatic carbocycles. The van der Waals surface area contributed by atoms with Crippen molar-refractivity contribution in [3.8, 4) is 22.5 Å². The van der Waals surface area contributed by atoms with Crippen LogP contribution in [-0.4, -0.2) is 59.3 Å². The number of fused-ring (bicyclic) bond motifs is 1. The van der Waals surface area contributed by atoms with Gasteiger partial charge in [0.25, 0.3) is 0 Å². The number of furan rings is 1. The van der Waals surface area contributed by atoms with Crippen LogP contribution in [0.15, 0.2) is 58.4 Å². The summed E-state index contributed by atoms with van der Waals surface area (Å²) in [5, 5.41) is 24.2. The molecule has 1 aliphatic carbocycles. The zero-order valence-electron chi connectivity index (χ0n) is 18.8. The van der Waals surface area contributed by atoms with E-state index in [1.807, 2.05) is 30.3 Å². The van der Waals surface area contributed by atoms with Gasteiger partial charge in [-0.25, -0.2) is 0 Å². The van der Waals surface area contributed by atoms with E-state index in [9.17, 15) is 10.3 Å². The van der Waals surface area contributed by atoms with Crippen molar-refractivity contribution in [2.45, 2.75) is 31.3 Å². The van der Waals surface area contributed by atoms with Gasteiger partial charge < -0.3 is 24.4 Å². The number of aliphatic hydroxyl groups is 1. The molecule has 0 amide bonds. The fraction of sp³-hybridized carbons (Fsp3) is 0.385. The number of likely N-dealkylation sites (tertiary alicyclic amines) is 1. The van der Waals surface area contributed by atoms with Gasteiger partial charge in [-0.3, -0.25) is 4.98 Å². The van der Waals surface area contributed by atoms with E-state index in [0.717, 1.165) is 71.8 Å². The Hall–Kier alpha value is -3.00. The van der Waals surface area contributed by atoms with E-state index >= 15 is 0 Å². The van der Waals surface area contributed by atoms with Crippen LogP contribution in [0.4, 0.5) is 0 Å². The quantitative estimate of drug-likeness (QED) is 0.437. The van der Waals surface area contributed by atoms with Crippen LogP contribution in [0.25, 0.3) is 22.5 Å². The van der Waals surface area contributed by atoms with E-state index in [-0.39, 0.29) is 0 Å². The third-order valence-electron chi connectivity index (χ3n) is 6.91. The lowest BCUT2D eigenvalue weighted by Gasteiger charge is -2.36. The van der Waals surface area contributed by atoms with Gasteiger partial charge in [0.05, 0.1) is 12.3 Å². The number of hydrogen-bond donors (Lipinski definition) is 2. The number of rotatable bonds is 6. The van der Waals surface area contributed by atoms with E-state index in [2.05, 4.69) is 21.1 Å². The van der Waals surface area contributed by atoms with E-state index in [1.54, 1.807) is 19.5 Å². The molecule has 3 heterocycles. The molecule has 0 bridgehead atoms. The maximum absolute atomic E-state index is 11.5. The van der Waals surface area contributed by atoms with Gasteiger partial charge in [-0.2, -0.15) is 0 Å². The largest absolute Gasteiger partial charge is 0.457 e. The van der Waals surface area contributed by atoms with Crippen molar-refractivity contribution in [3.05, 3.63) is 65.7 Å². The molecule has 2 aliphatic rings. The molecule has 2 N–H and O–H groups in total. The molecular formula is C26H29N3O4. The van der Waals surface area contributed by atoms with Crippen LogP contribution in [0.1, 0.15) is 36.1 Å². The molecule has 0 saturated carbocycles. The summed E-state index contributed by atoms with van der Waals surface area (Å²) in [5.74, 6) is 1.34. The molecule has 0 spiro atoms. The Balaban J connectivity index is 1.51. The molecule has 1 aliphatic heterocycles. The maximum atomic E-state index is 11.5. The Morgan fingerprint density at radius 1 is 1.06 bits per heavy atom. The number of pyridine rings is 1. The Morgan fingerprint density at radius 2 is 1.85 bits per heavy atom. The van der Waals surface area contributed by atoms with Gasteiger partial charge in [-0.15, -0.1) is 0 Å². The summed E-state index contributed by atoms with van der Waals surface area (Å²) in [5.41, 5.74) is 4.78. The van der Waals surface area contributed by atoms with Crippen LogP contribution < -0.4 is 0 Å². The first-order chi connectivity index (χ1) is 16.1. The highest BCUT2D eigenvalue weighted by Crippen LogP contribution is 2.42. The summed E-state index contributed by atoms with van der Waals surface area (Å²) in [6.45, 7) is 3.15. The van der Waals surface area contributed by atoms with Gasteiger partial charge in [-0.1, -0.05) is 23.4 Å². The van der Waals surface area contributed by atoms with Crippen molar-refractivity contribution in [2.75, 3.05) is 33.4 Å². The summed E-state index contributed by atoms with van der Waals surface area (Å²) in [6, 6.07) is 12.0. The zero-order chi connectivity index (χ0) is 22.8. The fourth-order valence-corrected chi connectivity index (χ4v) is 4.91. The number of methoxy groups -OCH3 is 1. The summed E-state index contributed by atoms with van der Waals surface area (Å²) < 4.78 is 11.6. The van der Waals surface area contributed by atoms with E-state index in [0.29, 0.717) is 25.2 Å². The van der Waals surface area contributed by atoms with Crippen LogP contribution in [0.3, 0.4) is 0 Å². The molecule has 1 fully saturated rings. The lowest BCUT2D eigenvalue weighted by molar-refractivity contribution is -0.0445. The number of ether oxygens (including phenoxy) is 1.